The summed E-state index contributed by atoms with van der Waals surface area (Å²) in [7, 11) is 0. The minimum atomic E-state index is -1.22. The Bertz CT molecular complexity index is 491. The third-order valence-corrected chi connectivity index (χ3v) is 3.31. The second-order valence-corrected chi connectivity index (χ2v) is 4.72. The van der Waals surface area contributed by atoms with Crippen LogP contribution in [-0.4, -0.2) is 24.2 Å². The maximum absolute atomic E-state index is 13.6. The van der Waals surface area contributed by atoms with E-state index < -0.39 is 27.9 Å². The molecule has 1 heterocycles. The highest BCUT2D eigenvalue weighted by Crippen LogP contribution is 2.29. The van der Waals surface area contributed by atoms with E-state index in [-0.39, 0.29) is 6.10 Å². The lowest BCUT2D eigenvalue weighted by atomic mass is 10.1. The van der Waals surface area contributed by atoms with E-state index in [1.54, 1.807) is 0 Å². The number of hydrogen-bond acceptors (Lipinski definition) is 4. The highest BCUT2D eigenvalue weighted by molar-refractivity contribution is 5.62. The molecule has 2 rings (SSSR count). The zero-order valence-electron chi connectivity index (χ0n) is 10.9. The first-order valence-electron chi connectivity index (χ1n) is 6.57. The van der Waals surface area contributed by atoms with E-state index in [9.17, 15) is 18.9 Å². The van der Waals surface area contributed by atoms with Crippen LogP contribution in [0.25, 0.3) is 0 Å². The van der Waals surface area contributed by atoms with Crippen molar-refractivity contribution in [1.29, 1.82) is 0 Å². The van der Waals surface area contributed by atoms with Gasteiger partial charge in [0.15, 0.2) is 17.3 Å². The number of anilines is 1. The number of benzene rings is 1. The average molecular weight is 286 g/mol. The molecule has 0 aliphatic carbocycles. The van der Waals surface area contributed by atoms with Crippen LogP contribution in [0.2, 0.25) is 0 Å². The van der Waals surface area contributed by atoms with Crippen LogP contribution in [0.15, 0.2) is 12.1 Å². The van der Waals surface area contributed by atoms with Crippen LogP contribution < -0.4 is 5.32 Å². The van der Waals surface area contributed by atoms with Crippen molar-refractivity contribution in [2.75, 3.05) is 18.5 Å². The van der Waals surface area contributed by atoms with E-state index in [1.807, 2.05) is 0 Å². The van der Waals surface area contributed by atoms with Crippen molar-refractivity contribution in [3.8, 4) is 0 Å². The van der Waals surface area contributed by atoms with E-state index >= 15 is 0 Å². The third kappa shape index (κ3) is 3.41. The largest absolute Gasteiger partial charge is 0.378 e. The van der Waals surface area contributed by atoms with Crippen molar-refractivity contribution in [2.24, 2.45) is 0 Å². The van der Waals surface area contributed by atoms with Gasteiger partial charge in [0.25, 0.3) is 5.69 Å². The molecule has 0 aromatic heterocycles. The fourth-order valence-corrected chi connectivity index (χ4v) is 2.25. The molecule has 1 atom stereocenters. The third-order valence-electron chi connectivity index (χ3n) is 3.31. The van der Waals surface area contributed by atoms with Crippen LogP contribution >= 0.6 is 0 Å². The van der Waals surface area contributed by atoms with Crippen molar-refractivity contribution in [3.63, 3.8) is 0 Å². The highest BCUT2D eigenvalue weighted by atomic mass is 19.2. The second kappa shape index (κ2) is 6.60. The van der Waals surface area contributed by atoms with E-state index in [0.29, 0.717) is 19.6 Å². The molecule has 1 unspecified atom stereocenters. The fraction of sp³-hybridized carbons (Fsp3) is 0.538. The summed E-state index contributed by atoms with van der Waals surface area (Å²) in [4.78, 5) is 10.1. The Hall–Kier alpha value is -1.76. The summed E-state index contributed by atoms with van der Waals surface area (Å²) >= 11 is 0. The van der Waals surface area contributed by atoms with Gasteiger partial charge in [-0.2, -0.15) is 0 Å². The Kier molecular flexibility index (Phi) is 4.84. The maximum Gasteiger partial charge on any atom is 0.295 e. The van der Waals surface area contributed by atoms with E-state index in [0.717, 1.165) is 31.4 Å². The van der Waals surface area contributed by atoms with E-state index in [2.05, 4.69) is 5.32 Å². The van der Waals surface area contributed by atoms with Gasteiger partial charge in [-0.1, -0.05) is 0 Å². The standard InChI is InChI=1S/C13H16F2N2O3/c14-10-4-5-11(17(18)19)13(12(10)15)16-7-6-9-3-1-2-8-20-9/h4-5,9,16H,1-3,6-8H2. The molecule has 1 saturated heterocycles. The number of nitro groups is 1. The van der Waals surface area contributed by atoms with Gasteiger partial charge >= 0.3 is 0 Å². The predicted octanol–water partition coefficient (Wildman–Crippen LogP) is 3.24. The smallest absolute Gasteiger partial charge is 0.295 e. The molecule has 0 saturated carbocycles. The lowest BCUT2D eigenvalue weighted by Gasteiger charge is -2.22. The molecule has 0 spiro atoms. The summed E-state index contributed by atoms with van der Waals surface area (Å²) in [5.41, 5.74) is -0.862. The summed E-state index contributed by atoms with van der Waals surface area (Å²) in [6, 6.07) is 1.71. The second-order valence-electron chi connectivity index (χ2n) is 4.72. The Morgan fingerprint density at radius 2 is 2.20 bits per heavy atom. The molecule has 110 valence electrons. The Labute approximate surface area is 115 Å². The highest BCUT2D eigenvalue weighted by Gasteiger charge is 2.22. The number of hydrogen-bond donors (Lipinski definition) is 1. The van der Waals surface area contributed by atoms with E-state index in [4.69, 9.17) is 4.74 Å². The lowest BCUT2D eigenvalue weighted by Crippen LogP contribution is -2.22. The number of ether oxygens (including phenoxy) is 1. The number of halogens is 2. The van der Waals surface area contributed by atoms with Gasteiger partial charge in [0.2, 0.25) is 0 Å². The molecule has 5 nitrogen and oxygen atoms in total. The average Bonchev–Trinajstić information content (AvgIpc) is 2.44. The summed E-state index contributed by atoms with van der Waals surface area (Å²) in [6.07, 6.45) is 3.72. The van der Waals surface area contributed by atoms with Crippen molar-refractivity contribution >= 4 is 11.4 Å². The molecule has 1 aliphatic heterocycles. The zero-order valence-corrected chi connectivity index (χ0v) is 10.9. The van der Waals surface area contributed by atoms with Gasteiger partial charge < -0.3 is 10.1 Å². The molecule has 0 radical (unpaired) electrons. The van der Waals surface area contributed by atoms with Gasteiger partial charge in [0.05, 0.1) is 11.0 Å². The number of nitro benzene ring substituents is 1. The quantitative estimate of drug-likeness (QED) is 0.666. The molecule has 1 aliphatic rings. The molecule has 7 heteroatoms. The summed E-state index contributed by atoms with van der Waals surface area (Å²) in [5, 5.41) is 13.4. The molecule has 1 aromatic carbocycles. The van der Waals surface area contributed by atoms with Gasteiger partial charge in [0, 0.05) is 19.2 Å². The van der Waals surface area contributed by atoms with Crippen molar-refractivity contribution in [3.05, 3.63) is 33.9 Å². The van der Waals surface area contributed by atoms with Gasteiger partial charge in [-0.05, 0) is 31.7 Å². The predicted molar refractivity (Wildman–Crippen MR) is 69.7 cm³/mol. The van der Waals surface area contributed by atoms with Crippen LogP contribution in [0, 0.1) is 21.7 Å². The Morgan fingerprint density at radius 1 is 1.40 bits per heavy atom. The van der Waals surface area contributed by atoms with Gasteiger partial charge in [-0.15, -0.1) is 0 Å². The monoisotopic (exact) mass is 286 g/mol. The molecule has 1 aromatic rings. The SMILES string of the molecule is O=[N+]([O-])c1ccc(F)c(F)c1NCCC1CCCCO1. The van der Waals surface area contributed by atoms with Crippen molar-refractivity contribution in [1.82, 2.24) is 0 Å². The number of nitrogens with one attached hydrogen (secondary N) is 1. The van der Waals surface area contributed by atoms with Gasteiger partial charge in [-0.3, -0.25) is 10.1 Å². The van der Waals surface area contributed by atoms with Crippen LogP contribution in [-0.2, 0) is 4.74 Å². The summed E-state index contributed by atoms with van der Waals surface area (Å²) in [5.74, 6) is -2.32. The van der Waals surface area contributed by atoms with E-state index in [1.165, 1.54) is 0 Å². The molecular formula is C13H16F2N2O3. The molecule has 0 bridgehead atoms. The number of nitrogens with zero attached hydrogens (tertiary/aromatic N) is 1. The minimum absolute atomic E-state index is 0.0759. The lowest BCUT2D eigenvalue weighted by molar-refractivity contribution is -0.384. The minimum Gasteiger partial charge on any atom is -0.378 e. The topological polar surface area (TPSA) is 64.4 Å². The van der Waals surface area contributed by atoms with Crippen molar-refractivity contribution in [2.45, 2.75) is 31.8 Å². The van der Waals surface area contributed by atoms with Crippen LogP contribution in [0.3, 0.4) is 0 Å². The molecular weight excluding hydrogens is 270 g/mol. The molecule has 0 amide bonds. The summed E-state index contributed by atoms with van der Waals surface area (Å²) in [6.45, 7) is 1.00. The normalized spacial score (nSPS) is 18.8. The van der Waals surface area contributed by atoms with Crippen molar-refractivity contribution < 1.29 is 18.4 Å². The van der Waals surface area contributed by atoms with Crippen LogP contribution in [0.4, 0.5) is 20.2 Å². The Morgan fingerprint density at radius 3 is 2.85 bits per heavy atom. The molecule has 1 N–H and O–H groups in total. The number of rotatable bonds is 5. The first-order chi connectivity index (χ1) is 9.59. The zero-order chi connectivity index (χ0) is 14.5. The van der Waals surface area contributed by atoms with Crippen LogP contribution in [0.1, 0.15) is 25.7 Å². The first kappa shape index (κ1) is 14.6. The Balaban J connectivity index is 2.00. The van der Waals surface area contributed by atoms with Gasteiger partial charge in [0.1, 0.15) is 0 Å². The maximum atomic E-state index is 13.6. The van der Waals surface area contributed by atoms with Gasteiger partial charge in [-0.25, -0.2) is 8.78 Å². The molecule has 20 heavy (non-hydrogen) atoms. The molecule has 1 fully saturated rings. The first-order valence-corrected chi connectivity index (χ1v) is 6.57. The van der Waals surface area contributed by atoms with Crippen LogP contribution in [0.5, 0.6) is 0 Å². The summed E-state index contributed by atoms with van der Waals surface area (Å²) < 4.78 is 32.3. The fourth-order valence-electron chi connectivity index (χ4n) is 2.25.